The van der Waals surface area contributed by atoms with E-state index in [4.69, 9.17) is 9.47 Å². The molecule has 2 heterocycles. The molecule has 2 aliphatic rings. The van der Waals surface area contributed by atoms with Crippen molar-refractivity contribution in [1.82, 2.24) is 4.90 Å². The molecule has 13 heavy (non-hydrogen) atoms. The molecule has 76 valence electrons. The first-order valence-electron chi connectivity index (χ1n) is 4.70. The van der Waals surface area contributed by atoms with Crippen LogP contribution in [-0.2, 0) is 14.3 Å². The Labute approximate surface area is 78.8 Å². The molecular formula is C9H17NO3. The molecule has 0 aromatic heterocycles. The number of amides is 1. The summed E-state index contributed by atoms with van der Waals surface area (Å²) in [7, 11) is 1.84. The van der Waals surface area contributed by atoms with Crippen LogP contribution in [0.15, 0.2) is 0 Å². The smallest absolute Gasteiger partial charge is 0.222 e. The van der Waals surface area contributed by atoms with Gasteiger partial charge in [-0.05, 0) is 6.42 Å². The second-order valence-corrected chi connectivity index (χ2v) is 3.14. The van der Waals surface area contributed by atoms with Crippen LogP contribution in [0.4, 0.5) is 0 Å². The lowest BCUT2D eigenvalue weighted by Gasteiger charge is -2.09. The minimum Gasteiger partial charge on any atom is -0.377 e. The topological polar surface area (TPSA) is 38.8 Å². The third-order valence-electron chi connectivity index (χ3n) is 2.05. The van der Waals surface area contributed by atoms with Crippen molar-refractivity contribution in [3.63, 3.8) is 0 Å². The summed E-state index contributed by atoms with van der Waals surface area (Å²) in [5.74, 6) is 0.292. The van der Waals surface area contributed by atoms with Crippen molar-refractivity contribution in [2.45, 2.75) is 12.8 Å². The highest BCUT2D eigenvalue weighted by molar-refractivity contribution is 5.77. The highest BCUT2D eigenvalue weighted by Crippen LogP contribution is 2.04. The number of nitrogens with zero attached hydrogens (tertiary/aromatic N) is 1. The lowest BCUT2D eigenvalue weighted by atomic mass is 10.4. The number of hydrogen-bond donors (Lipinski definition) is 0. The van der Waals surface area contributed by atoms with Crippen molar-refractivity contribution in [2.75, 3.05) is 40.0 Å². The Morgan fingerprint density at radius 1 is 1.15 bits per heavy atom. The van der Waals surface area contributed by atoms with E-state index in [0.717, 1.165) is 45.8 Å². The Balaban J connectivity index is 0.000000132. The highest BCUT2D eigenvalue weighted by atomic mass is 16.6. The average molecular weight is 187 g/mol. The number of likely N-dealkylation sites (tertiary alicyclic amines) is 1. The van der Waals surface area contributed by atoms with Gasteiger partial charge in [0.15, 0.2) is 0 Å². The fourth-order valence-electron chi connectivity index (χ4n) is 1.22. The summed E-state index contributed by atoms with van der Waals surface area (Å²) in [5, 5.41) is 0. The highest BCUT2D eigenvalue weighted by Gasteiger charge is 2.14. The zero-order valence-electron chi connectivity index (χ0n) is 8.12. The van der Waals surface area contributed by atoms with Gasteiger partial charge in [-0.15, -0.1) is 0 Å². The first-order valence-corrected chi connectivity index (χ1v) is 4.70. The molecule has 4 heteroatoms. The van der Waals surface area contributed by atoms with Gasteiger partial charge in [0.25, 0.3) is 0 Å². The van der Waals surface area contributed by atoms with Gasteiger partial charge in [-0.2, -0.15) is 0 Å². The minimum atomic E-state index is 0.292. The third-order valence-corrected chi connectivity index (χ3v) is 2.05. The van der Waals surface area contributed by atoms with Crippen LogP contribution < -0.4 is 0 Å². The predicted molar refractivity (Wildman–Crippen MR) is 48.5 cm³/mol. The monoisotopic (exact) mass is 187 g/mol. The number of carbonyl (C=O) groups is 1. The Kier molecular flexibility index (Phi) is 4.78. The van der Waals surface area contributed by atoms with Gasteiger partial charge in [0.05, 0.1) is 26.4 Å². The van der Waals surface area contributed by atoms with E-state index in [-0.39, 0.29) is 0 Å². The van der Waals surface area contributed by atoms with Gasteiger partial charge in [-0.25, -0.2) is 0 Å². The van der Waals surface area contributed by atoms with Gasteiger partial charge in [0.2, 0.25) is 5.91 Å². The normalized spacial score (nSPS) is 22.5. The molecule has 0 atom stereocenters. The number of ether oxygens (including phenoxy) is 2. The standard InChI is InChI=1S/C5H9NO.C4H8O2/c1-6-4-2-3-5(6)7;1-2-6-4-3-5-1/h2-4H2,1H3;1-4H2. The first-order chi connectivity index (χ1) is 6.30. The van der Waals surface area contributed by atoms with Crippen LogP contribution in [-0.4, -0.2) is 50.8 Å². The minimum absolute atomic E-state index is 0.292. The Bertz CT molecular complexity index is 145. The van der Waals surface area contributed by atoms with Crippen LogP contribution >= 0.6 is 0 Å². The lowest BCUT2D eigenvalue weighted by Crippen LogP contribution is -2.17. The van der Waals surface area contributed by atoms with Crippen LogP contribution in [0.2, 0.25) is 0 Å². The van der Waals surface area contributed by atoms with E-state index >= 15 is 0 Å². The molecule has 0 spiro atoms. The van der Waals surface area contributed by atoms with Crippen LogP contribution in [0, 0.1) is 0 Å². The summed E-state index contributed by atoms with van der Waals surface area (Å²) < 4.78 is 9.89. The van der Waals surface area contributed by atoms with Gasteiger partial charge in [-0.1, -0.05) is 0 Å². The first kappa shape index (κ1) is 10.5. The van der Waals surface area contributed by atoms with Crippen molar-refractivity contribution >= 4 is 5.91 Å². The molecule has 0 unspecified atom stereocenters. The second-order valence-electron chi connectivity index (χ2n) is 3.14. The molecule has 0 radical (unpaired) electrons. The zero-order chi connectivity index (χ0) is 9.52. The Hall–Kier alpha value is -0.610. The molecule has 0 aliphatic carbocycles. The molecule has 1 amide bonds. The summed E-state index contributed by atoms with van der Waals surface area (Å²) in [6.45, 7) is 4.07. The van der Waals surface area contributed by atoms with E-state index in [2.05, 4.69) is 0 Å². The number of hydrogen-bond acceptors (Lipinski definition) is 3. The van der Waals surface area contributed by atoms with Crippen molar-refractivity contribution in [3.05, 3.63) is 0 Å². The van der Waals surface area contributed by atoms with Gasteiger partial charge in [0, 0.05) is 20.0 Å². The van der Waals surface area contributed by atoms with Crippen molar-refractivity contribution in [1.29, 1.82) is 0 Å². The molecule has 0 N–H and O–H groups in total. The van der Waals surface area contributed by atoms with Crippen LogP contribution in [0.3, 0.4) is 0 Å². The molecule has 2 saturated heterocycles. The van der Waals surface area contributed by atoms with Crippen LogP contribution in [0.5, 0.6) is 0 Å². The molecule has 2 fully saturated rings. The summed E-state index contributed by atoms with van der Waals surface area (Å²) >= 11 is 0. The van der Waals surface area contributed by atoms with Gasteiger partial charge >= 0.3 is 0 Å². The van der Waals surface area contributed by atoms with Gasteiger partial charge < -0.3 is 14.4 Å². The fourth-order valence-corrected chi connectivity index (χ4v) is 1.22. The zero-order valence-corrected chi connectivity index (χ0v) is 8.12. The molecule has 2 rings (SSSR count). The largest absolute Gasteiger partial charge is 0.377 e. The molecule has 0 aromatic carbocycles. The maximum absolute atomic E-state index is 10.5. The summed E-state index contributed by atoms with van der Waals surface area (Å²) in [5.41, 5.74) is 0. The molecular weight excluding hydrogens is 170 g/mol. The van der Waals surface area contributed by atoms with Crippen molar-refractivity contribution < 1.29 is 14.3 Å². The Morgan fingerprint density at radius 2 is 1.69 bits per heavy atom. The Morgan fingerprint density at radius 3 is 1.85 bits per heavy atom. The number of rotatable bonds is 0. The quantitative estimate of drug-likeness (QED) is 0.546. The van der Waals surface area contributed by atoms with Crippen molar-refractivity contribution in [2.24, 2.45) is 0 Å². The van der Waals surface area contributed by atoms with Gasteiger partial charge in [-0.3, -0.25) is 4.79 Å². The predicted octanol–water partition coefficient (Wildman–Crippen LogP) is 0.272. The van der Waals surface area contributed by atoms with E-state index in [1.807, 2.05) is 7.05 Å². The maximum atomic E-state index is 10.5. The third kappa shape index (κ3) is 4.24. The molecule has 0 bridgehead atoms. The summed E-state index contributed by atoms with van der Waals surface area (Å²) in [4.78, 5) is 12.3. The number of carbonyl (C=O) groups excluding carboxylic acids is 1. The van der Waals surface area contributed by atoms with E-state index in [1.165, 1.54) is 0 Å². The lowest BCUT2D eigenvalue weighted by molar-refractivity contribution is -0.126. The summed E-state index contributed by atoms with van der Waals surface area (Å²) in [6.07, 6.45) is 1.81. The van der Waals surface area contributed by atoms with Gasteiger partial charge in [0.1, 0.15) is 0 Å². The molecule has 0 aromatic rings. The molecule has 0 saturated carbocycles. The fraction of sp³-hybridized carbons (Fsp3) is 0.889. The average Bonchev–Trinajstić information content (AvgIpc) is 2.55. The van der Waals surface area contributed by atoms with E-state index in [0.29, 0.717) is 5.91 Å². The van der Waals surface area contributed by atoms with E-state index < -0.39 is 0 Å². The second kappa shape index (κ2) is 5.94. The molecule has 2 aliphatic heterocycles. The molecule has 4 nitrogen and oxygen atoms in total. The van der Waals surface area contributed by atoms with Crippen LogP contribution in [0.25, 0.3) is 0 Å². The maximum Gasteiger partial charge on any atom is 0.222 e. The SMILES string of the molecule is C1COCCO1.CN1CCCC1=O. The van der Waals surface area contributed by atoms with Crippen molar-refractivity contribution in [3.8, 4) is 0 Å². The van der Waals surface area contributed by atoms with E-state index in [9.17, 15) is 4.79 Å². The van der Waals surface area contributed by atoms with E-state index in [1.54, 1.807) is 4.90 Å². The van der Waals surface area contributed by atoms with Crippen LogP contribution in [0.1, 0.15) is 12.8 Å². The summed E-state index contributed by atoms with van der Waals surface area (Å²) in [6, 6.07) is 0.